The summed E-state index contributed by atoms with van der Waals surface area (Å²) < 4.78 is 19.2. The minimum absolute atomic E-state index is 0.00357. The van der Waals surface area contributed by atoms with Gasteiger partial charge in [-0.2, -0.15) is 0 Å². The minimum Gasteiger partial charge on any atom is -0.497 e. The number of halogens is 1. The number of rotatable bonds is 5. The number of ether oxygens (including phenoxy) is 3. The second kappa shape index (κ2) is 7.95. The Kier molecular flexibility index (Phi) is 5.10. The fourth-order valence-corrected chi connectivity index (χ4v) is 4.86. The molecule has 1 aliphatic rings. The highest BCUT2D eigenvalue weighted by Gasteiger charge is 2.37. The molecule has 32 heavy (non-hydrogen) atoms. The lowest BCUT2D eigenvalue weighted by Crippen LogP contribution is -2.03. The Bertz CT molecular complexity index is 1290. The smallest absolute Gasteiger partial charge is 0.128 e. The van der Waals surface area contributed by atoms with Gasteiger partial charge >= 0.3 is 0 Å². The zero-order chi connectivity index (χ0) is 22.4. The summed E-state index contributed by atoms with van der Waals surface area (Å²) in [6.45, 7) is 2.13. The monoisotopic (exact) mass is 445 g/mol. The van der Waals surface area contributed by atoms with E-state index >= 15 is 0 Å². The van der Waals surface area contributed by atoms with Gasteiger partial charge in [0, 0.05) is 39.7 Å². The summed E-state index contributed by atoms with van der Waals surface area (Å²) in [5.74, 6) is 2.41. The fraction of sp³-hybridized carbons (Fsp3) is 0.185. The summed E-state index contributed by atoms with van der Waals surface area (Å²) in [7, 11) is 5.07. The van der Waals surface area contributed by atoms with E-state index in [9.17, 15) is 0 Å². The van der Waals surface area contributed by atoms with E-state index in [0.717, 1.165) is 44.8 Å². The van der Waals surface area contributed by atoms with E-state index in [1.807, 2.05) is 30.3 Å². The maximum Gasteiger partial charge on any atom is 0.128 e. The van der Waals surface area contributed by atoms with Gasteiger partial charge in [-0.15, -0.1) is 0 Å². The van der Waals surface area contributed by atoms with E-state index in [0.29, 0.717) is 0 Å². The van der Waals surface area contributed by atoms with Crippen LogP contribution >= 0.6 is 11.6 Å². The van der Waals surface area contributed by atoms with Crippen LogP contribution in [0, 0.1) is 6.92 Å². The molecule has 0 spiro atoms. The Hall–Kier alpha value is -3.37. The molecular formula is C27H24ClNO3. The van der Waals surface area contributed by atoms with E-state index in [1.54, 1.807) is 21.3 Å². The van der Waals surface area contributed by atoms with E-state index in [2.05, 4.69) is 47.9 Å². The van der Waals surface area contributed by atoms with Crippen molar-refractivity contribution in [2.45, 2.75) is 12.8 Å². The average Bonchev–Trinajstić information content (AvgIpc) is 3.34. The number of hydrogen-bond acceptors (Lipinski definition) is 3. The van der Waals surface area contributed by atoms with Gasteiger partial charge in [0.15, 0.2) is 0 Å². The predicted octanol–water partition coefficient (Wildman–Crippen LogP) is 6.63. The second-order valence-corrected chi connectivity index (χ2v) is 8.33. The third-order valence-electron chi connectivity index (χ3n) is 6.18. The molecule has 4 nitrogen and oxygen atoms in total. The molecule has 0 saturated carbocycles. The van der Waals surface area contributed by atoms with Crippen LogP contribution in [0.2, 0.25) is 5.02 Å². The van der Waals surface area contributed by atoms with Crippen molar-refractivity contribution in [3.05, 3.63) is 94.3 Å². The Morgan fingerprint density at radius 3 is 2.09 bits per heavy atom. The highest BCUT2D eigenvalue weighted by atomic mass is 35.5. The lowest BCUT2D eigenvalue weighted by Gasteiger charge is -2.18. The maximum absolute atomic E-state index is 6.17. The lowest BCUT2D eigenvalue weighted by molar-refractivity contribution is 0.391. The lowest BCUT2D eigenvalue weighted by atomic mass is 9.86. The molecule has 1 aliphatic heterocycles. The van der Waals surface area contributed by atoms with Crippen molar-refractivity contribution in [1.82, 2.24) is 4.57 Å². The highest BCUT2D eigenvalue weighted by Crippen LogP contribution is 2.52. The average molecular weight is 446 g/mol. The van der Waals surface area contributed by atoms with Gasteiger partial charge in [0.05, 0.1) is 32.9 Å². The third kappa shape index (κ3) is 3.14. The van der Waals surface area contributed by atoms with Crippen molar-refractivity contribution < 1.29 is 14.2 Å². The first kappa shape index (κ1) is 20.5. The van der Waals surface area contributed by atoms with E-state index in [4.69, 9.17) is 25.8 Å². The summed E-state index contributed by atoms with van der Waals surface area (Å²) >= 11 is 6.17. The van der Waals surface area contributed by atoms with Crippen LogP contribution in [-0.4, -0.2) is 25.9 Å². The number of aryl methyl sites for hydroxylation is 1. The van der Waals surface area contributed by atoms with Gasteiger partial charge in [0.1, 0.15) is 17.2 Å². The van der Waals surface area contributed by atoms with Crippen molar-refractivity contribution in [3.63, 3.8) is 0 Å². The highest BCUT2D eigenvalue weighted by molar-refractivity contribution is 6.30. The van der Waals surface area contributed by atoms with Crippen LogP contribution in [0.3, 0.4) is 0 Å². The first-order valence-electron chi connectivity index (χ1n) is 10.4. The summed E-state index contributed by atoms with van der Waals surface area (Å²) in [6, 6.07) is 22.6. The largest absolute Gasteiger partial charge is 0.497 e. The van der Waals surface area contributed by atoms with E-state index < -0.39 is 0 Å². The van der Waals surface area contributed by atoms with Gasteiger partial charge in [-0.25, -0.2) is 0 Å². The summed E-state index contributed by atoms with van der Waals surface area (Å²) in [4.78, 5) is 0. The molecule has 0 fully saturated rings. The number of hydrogen-bond donors (Lipinski definition) is 0. The molecule has 0 bridgehead atoms. The molecule has 162 valence electrons. The summed E-state index contributed by atoms with van der Waals surface area (Å²) in [5.41, 5.74) is 8.04. The standard InChI is InChI=1S/C27H24ClNO3/c1-16-13-22(17-5-9-19(28)10-6-17)27-25(18-7-11-20(30-2)12-8-18)26-23(29(16)27)14-21(31-3)15-24(26)32-4/h5-15,25H,1-4H3. The second-order valence-electron chi connectivity index (χ2n) is 7.90. The molecule has 5 heteroatoms. The van der Waals surface area contributed by atoms with Gasteiger partial charge in [-0.1, -0.05) is 35.9 Å². The molecule has 0 N–H and O–H groups in total. The molecule has 1 unspecified atom stereocenters. The Balaban J connectivity index is 1.82. The molecule has 4 aromatic rings. The molecule has 5 rings (SSSR count). The van der Waals surface area contributed by atoms with Crippen molar-refractivity contribution in [2.24, 2.45) is 0 Å². The van der Waals surface area contributed by atoms with Crippen molar-refractivity contribution in [3.8, 4) is 34.1 Å². The normalized spacial score (nSPS) is 14.1. The van der Waals surface area contributed by atoms with Gasteiger partial charge in [-0.3, -0.25) is 0 Å². The van der Waals surface area contributed by atoms with Crippen molar-refractivity contribution in [2.75, 3.05) is 21.3 Å². The number of benzene rings is 3. The first-order chi connectivity index (χ1) is 15.5. The summed E-state index contributed by atoms with van der Waals surface area (Å²) in [6.07, 6.45) is 0. The van der Waals surface area contributed by atoms with Crippen LogP contribution in [-0.2, 0) is 0 Å². The van der Waals surface area contributed by atoms with Crippen LogP contribution in [0.4, 0.5) is 0 Å². The van der Waals surface area contributed by atoms with Crippen LogP contribution in [0.25, 0.3) is 16.8 Å². The summed E-state index contributed by atoms with van der Waals surface area (Å²) in [5, 5.41) is 0.725. The Morgan fingerprint density at radius 1 is 0.781 bits per heavy atom. The number of fused-ring (bicyclic) bond motifs is 3. The molecule has 2 heterocycles. The zero-order valence-corrected chi connectivity index (χ0v) is 19.2. The number of aromatic nitrogens is 1. The quantitative estimate of drug-likeness (QED) is 0.304. The molecule has 0 aliphatic carbocycles. The predicted molar refractivity (Wildman–Crippen MR) is 128 cm³/mol. The molecule has 3 aromatic carbocycles. The van der Waals surface area contributed by atoms with Crippen LogP contribution in [0.1, 0.15) is 28.4 Å². The molecule has 1 atom stereocenters. The van der Waals surface area contributed by atoms with Gasteiger partial charge < -0.3 is 18.8 Å². The topological polar surface area (TPSA) is 32.6 Å². The SMILES string of the molecule is COc1ccc(C2c3c(OC)cc(OC)cc3-n3c(C)cc(-c4ccc(Cl)cc4)c32)cc1. The molecule has 0 amide bonds. The molecule has 0 saturated heterocycles. The number of nitrogens with zero attached hydrogens (tertiary/aromatic N) is 1. The van der Waals surface area contributed by atoms with Crippen LogP contribution < -0.4 is 14.2 Å². The third-order valence-corrected chi connectivity index (χ3v) is 6.43. The van der Waals surface area contributed by atoms with Crippen molar-refractivity contribution in [1.29, 1.82) is 0 Å². The van der Waals surface area contributed by atoms with Gasteiger partial charge in [0.25, 0.3) is 0 Å². The molecular weight excluding hydrogens is 422 g/mol. The Labute approximate surface area is 192 Å². The van der Waals surface area contributed by atoms with Crippen LogP contribution in [0.15, 0.2) is 66.7 Å². The van der Waals surface area contributed by atoms with Crippen molar-refractivity contribution >= 4 is 11.6 Å². The van der Waals surface area contributed by atoms with Gasteiger partial charge in [0.2, 0.25) is 0 Å². The maximum atomic E-state index is 6.17. The molecule has 1 aromatic heterocycles. The van der Waals surface area contributed by atoms with Crippen LogP contribution in [0.5, 0.6) is 17.2 Å². The first-order valence-corrected chi connectivity index (χ1v) is 10.8. The van der Waals surface area contributed by atoms with E-state index in [-0.39, 0.29) is 5.92 Å². The molecule has 0 radical (unpaired) electrons. The number of methoxy groups -OCH3 is 3. The Morgan fingerprint density at radius 2 is 1.47 bits per heavy atom. The fourth-order valence-electron chi connectivity index (χ4n) is 4.73. The van der Waals surface area contributed by atoms with E-state index in [1.165, 1.54) is 16.8 Å². The zero-order valence-electron chi connectivity index (χ0n) is 18.5. The minimum atomic E-state index is -0.00357. The van der Waals surface area contributed by atoms with Gasteiger partial charge in [-0.05, 0) is 48.4 Å².